The first-order chi connectivity index (χ1) is 10.2. The van der Waals surface area contributed by atoms with Crippen molar-refractivity contribution in [1.82, 2.24) is 4.98 Å². The highest BCUT2D eigenvalue weighted by atomic mass is 16.1. The second-order valence-corrected chi connectivity index (χ2v) is 5.03. The van der Waals surface area contributed by atoms with Crippen LogP contribution in [0.15, 0.2) is 60.8 Å². The van der Waals surface area contributed by atoms with Gasteiger partial charge in [-0.2, -0.15) is 0 Å². The minimum absolute atomic E-state index is 0.357. The van der Waals surface area contributed by atoms with Crippen LogP contribution in [0.25, 0.3) is 10.9 Å². The molecular weight excluding hydrogens is 262 g/mol. The van der Waals surface area contributed by atoms with Gasteiger partial charge in [0.25, 0.3) is 0 Å². The van der Waals surface area contributed by atoms with Crippen molar-refractivity contribution in [3.05, 3.63) is 66.4 Å². The van der Waals surface area contributed by atoms with E-state index in [1.54, 1.807) is 0 Å². The van der Waals surface area contributed by atoms with E-state index in [4.69, 9.17) is 5.73 Å². The number of primary amides is 1. The maximum absolute atomic E-state index is 11.7. The van der Waals surface area contributed by atoms with Gasteiger partial charge in [-0.1, -0.05) is 36.4 Å². The summed E-state index contributed by atoms with van der Waals surface area (Å²) in [5.41, 5.74) is 8.57. The Kier molecular flexibility index (Phi) is 3.60. The number of hydrogen-bond acceptors (Lipinski definition) is 2. The third-order valence-corrected chi connectivity index (χ3v) is 3.56. The molecule has 1 amide bonds. The second-order valence-electron chi connectivity index (χ2n) is 5.03. The molecule has 0 aliphatic rings. The Labute approximate surface area is 123 Å². The summed E-state index contributed by atoms with van der Waals surface area (Å²) < 4.78 is 0. The van der Waals surface area contributed by atoms with E-state index in [0.717, 1.165) is 22.2 Å². The van der Waals surface area contributed by atoms with Crippen molar-refractivity contribution in [3.8, 4) is 0 Å². The smallest absolute Gasteiger partial charge is 0.240 e. The standard InChI is InChI=1S/C17H17N3O/c18-17(21)16(20-13-6-2-1-3-7-13)10-12-11-19-15-9-5-4-8-14(12)15/h1-9,11,16,19-20H,10H2,(H2,18,21)/t16-/m0/s1. The lowest BCUT2D eigenvalue weighted by atomic mass is 10.0. The van der Waals surface area contributed by atoms with Crippen molar-refractivity contribution < 1.29 is 4.79 Å². The van der Waals surface area contributed by atoms with E-state index in [0.29, 0.717) is 6.42 Å². The van der Waals surface area contributed by atoms with Gasteiger partial charge in [0.15, 0.2) is 0 Å². The number of H-pyrrole nitrogens is 1. The molecule has 0 aliphatic carbocycles. The number of amides is 1. The number of nitrogens with two attached hydrogens (primary N) is 1. The van der Waals surface area contributed by atoms with Crippen LogP contribution in [0.5, 0.6) is 0 Å². The molecule has 0 bridgehead atoms. The van der Waals surface area contributed by atoms with Crippen molar-refractivity contribution >= 4 is 22.5 Å². The van der Waals surface area contributed by atoms with E-state index in [2.05, 4.69) is 10.3 Å². The fraction of sp³-hybridized carbons (Fsp3) is 0.118. The van der Waals surface area contributed by atoms with Crippen molar-refractivity contribution in [2.75, 3.05) is 5.32 Å². The van der Waals surface area contributed by atoms with Crippen LogP contribution < -0.4 is 11.1 Å². The van der Waals surface area contributed by atoms with Crippen molar-refractivity contribution in [2.24, 2.45) is 5.73 Å². The first kappa shape index (κ1) is 13.2. The predicted octanol–water partition coefficient (Wildman–Crippen LogP) is 2.68. The molecular formula is C17H17N3O. The van der Waals surface area contributed by atoms with E-state index in [1.807, 2.05) is 60.8 Å². The molecule has 0 aliphatic heterocycles. The van der Waals surface area contributed by atoms with Gasteiger partial charge in [0.05, 0.1) is 0 Å². The highest BCUT2D eigenvalue weighted by Gasteiger charge is 2.17. The number of para-hydroxylation sites is 2. The molecule has 0 saturated carbocycles. The Hall–Kier alpha value is -2.75. The first-order valence-electron chi connectivity index (χ1n) is 6.90. The zero-order chi connectivity index (χ0) is 14.7. The van der Waals surface area contributed by atoms with Gasteiger partial charge in [-0.15, -0.1) is 0 Å². The lowest BCUT2D eigenvalue weighted by molar-refractivity contribution is -0.118. The third-order valence-electron chi connectivity index (χ3n) is 3.56. The van der Waals surface area contributed by atoms with Crippen LogP contribution in [0.2, 0.25) is 0 Å². The fourth-order valence-electron chi connectivity index (χ4n) is 2.48. The molecule has 0 fully saturated rings. The van der Waals surface area contributed by atoms with Crippen LogP contribution in [0.1, 0.15) is 5.56 Å². The minimum Gasteiger partial charge on any atom is -0.373 e. The number of fused-ring (bicyclic) bond motifs is 1. The van der Waals surface area contributed by atoms with Crippen LogP contribution in [0, 0.1) is 0 Å². The summed E-state index contributed by atoms with van der Waals surface area (Å²) in [6, 6.07) is 17.2. The Bertz CT molecular complexity index is 749. The summed E-state index contributed by atoms with van der Waals surface area (Å²) in [4.78, 5) is 14.9. The maximum Gasteiger partial charge on any atom is 0.240 e. The molecule has 2 aromatic carbocycles. The van der Waals surface area contributed by atoms with E-state index in [1.165, 1.54) is 0 Å². The van der Waals surface area contributed by atoms with Crippen molar-refractivity contribution in [2.45, 2.75) is 12.5 Å². The highest BCUT2D eigenvalue weighted by molar-refractivity contribution is 5.87. The minimum atomic E-state index is -0.438. The van der Waals surface area contributed by atoms with Gasteiger partial charge in [0.1, 0.15) is 6.04 Å². The molecule has 0 saturated heterocycles. The normalized spacial score (nSPS) is 12.2. The topological polar surface area (TPSA) is 70.9 Å². The molecule has 1 heterocycles. The summed E-state index contributed by atoms with van der Waals surface area (Å²) in [6.45, 7) is 0. The Morgan fingerprint density at radius 1 is 1.10 bits per heavy atom. The van der Waals surface area contributed by atoms with Gasteiger partial charge in [-0.25, -0.2) is 0 Å². The second kappa shape index (κ2) is 5.71. The summed E-state index contributed by atoms with van der Waals surface area (Å²) >= 11 is 0. The van der Waals surface area contributed by atoms with Gasteiger partial charge in [-0.05, 0) is 23.8 Å². The largest absolute Gasteiger partial charge is 0.373 e. The van der Waals surface area contributed by atoms with Gasteiger partial charge in [0, 0.05) is 29.2 Å². The quantitative estimate of drug-likeness (QED) is 0.672. The SMILES string of the molecule is NC(=O)[C@H](Cc1c[nH]c2ccccc12)Nc1ccccc1. The number of aromatic nitrogens is 1. The molecule has 21 heavy (non-hydrogen) atoms. The molecule has 3 aromatic rings. The Morgan fingerprint density at radius 3 is 2.57 bits per heavy atom. The Balaban J connectivity index is 1.84. The lowest BCUT2D eigenvalue weighted by Gasteiger charge is -2.16. The summed E-state index contributed by atoms with van der Waals surface area (Å²) in [7, 11) is 0. The zero-order valence-electron chi connectivity index (χ0n) is 11.5. The highest BCUT2D eigenvalue weighted by Crippen LogP contribution is 2.20. The number of anilines is 1. The van der Waals surface area contributed by atoms with Gasteiger partial charge >= 0.3 is 0 Å². The summed E-state index contributed by atoms with van der Waals surface area (Å²) in [5.74, 6) is -0.357. The number of benzene rings is 2. The van der Waals surface area contributed by atoms with E-state index in [9.17, 15) is 4.79 Å². The number of carbonyl (C=O) groups is 1. The van der Waals surface area contributed by atoms with Crippen molar-refractivity contribution in [1.29, 1.82) is 0 Å². The monoisotopic (exact) mass is 279 g/mol. The molecule has 0 spiro atoms. The number of hydrogen-bond donors (Lipinski definition) is 3. The van der Waals surface area contributed by atoms with E-state index >= 15 is 0 Å². The van der Waals surface area contributed by atoms with E-state index < -0.39 is 6.04 Å². The number of aromatic amines is 1. The molecule has 4 heteroatoms. The molecule has 4 N–H and O–H groups in total. The van der Waals surface area contributed by atoms with Gasteiger partial charge in [-0.3, -0.25) is 4.79 Å². The van der Waals surface area contributed by atoms with Crippen LogP contribution >= 0.6 is 0 Å². The predicted molar refractivity (Wildman–Crippen MR) is 85.0 cm³/mol. The van der Waals surface area contributed by atoms with Crippen LogP contribution in [0.4, 0.5) is 5.69 Å². The molecule has 106 valence electrons. The van der Waals surface area contributed by atoms with E-state index in [-0.39, 0.29) is 5.91 Å². The van der Waals surface area contributed by atoms with Crippen molar-refractivity contribution in [3.63, 3.8) is 0 Å². The lowest BCUT2D eigenvalue weighted by Crippen LogP contribution is -2.37. The third kappa shape index (κ3) is 2.89. The van der Waals surface area contributed by atoms with Crippen LogP contribution in [-0.2, 0) is 11.2 Å². The molecule has 1 atom stereocenters. The first-order valence-corrected chi connectivity index (χ1v) is 6.90. The molecule has 0 radical (unpaired) electrons. The summed E-state index contributed by atoms with van der Waals surface area (Å²) in [5, 5.41) is 4.32. The molecule has 1 aromatic heterocycles. The maximum atomic E-state index is 11.7. The molecule has 3 rings (SSSR count). The number of carbonyl (C=O) groups excluding carboxylic acids is 1. The van der Waals surface area contributed by atoms with Gasteiger partial charge < -0.3 is 16.0 Å². The molecule has 0 unspecified atom stereocenters. The molecule has 4 nitrogen and oxygen atoms in total. The summed E-state index contributed by atoms with van der Waals surface area (Å²) in [6.07, 6.45) is 2.49. The fourth-order valence-corrected chi connectivity index (χ4v) is 2.48. The number of rotatable bonds is 5. The van der Waals surface area contributed by atoms with Crippen LogP contribution in [0.3, 0.4) is 0 Å². The van der Waals surface area contributed by atoms with Crippen LogP contribution in [-0.4, -0.2) is 16.9 Å². The Morgan fingerprint density at radius 2 is 1.81 bits per heavy atom. The average Bonchev–Trinajstić information content (AvgIpc) is 2.91. The van der Waals surface area contributed by atoms with Gasteiger partial charge in [0.2, 0.25) is 5.91 Å². The average molecular weight is 279 g/mol. The zero-order valence-corrected chi connectivity index (χ0v) is 11.5. The number of nitrogens with one attached hydrogen (secondary N) is 2.